The Bertz CT molecular complexity index is 566. The number of benzene rings is 1. The first-order valence-corrected chi connectivity index (χ1v) is 8.46. The van der Waals surface area contributed by atoms with E-state index in [1.54, 1.807) is 12.1 Å². The minimum absolute atomic E-state index is 0.204. The minimum Gasteiger partial charge on any atom is -0.397 e. The Morgan fingerprint density at radius 1 is 1.35 bits per heavy atom. The van der Waals surface area contributed by atoms with Crippen LogP contribution in [0.5, 0.6) is 0 Å². The zero-order valence-electron chi connectivity index (χ0n) is 12.1. The summed E-state index contributed by atoms with van der Waals surface area (Å²) in [5.41, 5.74) is 7.41. The summed E-state index contributed by atoms with van der Waals surface area (Å²) in [7, 11) is -0.0294. The summed E-state index contributed by atoms with van der Waals surface area (Å²) >= 11 is 0. The molecule has 5 nitrogen and oxygen atoms in total. The van der Waals surface area contributed by atoms with Gasteiger partial charge in [-0.25, -0.2) is 13.1 Å². The van der Waals surface area contributed by atoms with Crippen molar-refractivity contribution < 1.29 is 8.42 Å². The summed E-state index contributed by atoms with van der Waals surface area (Å²) in [4.78, 5) is 2.33. The Kier molecular flexibility index (Phi) is 4.55. The molecule has 1 aromatic carbocycles. The molecule has 0 heterocycles. The van der Waals surface area contributed by atoms with Crippen LogP contribution in [0.25, 0.3) is 0 Å². The van der Waals surface area contributed by atoms with Gasteiger partial charge in [-0.15, -0.1) is 0 Å². The fraction of sp³-hybridized carbons (Fsp3) is 0.571. The Labute approximate surface area is 121 Å². The predicted octanol–water partition coefficient (Wildman–Crippen LogP) is 1.80. The van der Waals surface area contributed by atoms with Crippen LogP contribution in [0.1, 0.15) is 25.7 Å². The molecular weight excluding hydrogens is 274 g/mol. The first-order chi connectivity index (χ1) is 9.44. The minimum atomic E-state index is -3.43. The first-order valence-electron chi connectivity index (χ1n) is 6.98. The molecule has 112 valence electrons. The normalized spacial score (nSPS) is 16.5. The fourth-order valence-electron chi connectivity index (χ4n) is 2.84. The van der Waals surface area contributed by atoms with Crippen molar-refractivity contribution in [2.24, 2.45) is 5.92 Å². The van der Waals surface area contributed by atoms with Crippen LogP contribution in [-0.4, -0.2) is 29.1 Å². The molecule has 0 aliphatic heterocycles. The highest BCUT2D eigenvalue weighted by Gasteiger charge is 2.19. The van der Waals surface area contributed by atoms with Gasteiger partial charge in [0.2, 0.25) is 10.0 Å². The molecule has 0 radical (unpaired) electrons. The second kappa shape index (κ2) is 6.01. The molecule has 1 aromatic rings. The Balaban J connectivity index is 2.16. The lowest BCUT2D eigenvalue weighted by Gasteiger charge is -2.24. The van der Waals surface area contributed by atoms with Gasteiger partial charge >= 0.3 is 0 Å². The van der Waals surface area contributed by atoms with Crippen LogP contribution in [0.4, 0.5) is 11.4 Å². The smallest absolute Gasteiger partial charge is 0.240 e. The first kappa shape index (κ1) is 15.1. The summed E-state index contributed by atoms with van der Waals surface area (Å²) in [6.07, 6.45) is 5.17. The molecule has 20 heavy (non-hydrogen) atoms. The number of sulfonamides is 1. The van der Waals surface area contributed by atoms with Crippen molar-refractivity contribution in [3.8, 4) is 0 Å². The van der Waals surface area contributed by atoms with E-state index in [-0.39, 0.29) is 4.90 Å². The zero-order valence-corrected chi connectivity index (χ0v) is 12.9. The van der Waals surface area contributed by atoms with Crippen molar-refractivity contribution in [1.29, 1.82) is 0 Å². The Hall–Kier alpha value is -1.27. The van der Waals surface area contributed by atoms with Gasteiger partial charge in [0.1, 0.15) is 0 Å². The van der Waals surface area contributed by atoms with E-state index >= 15 is 0 Å². The highest BCUT2D eigenvalue weighted by Crippen LogP contribution is 2.30. The number of nitrogen functional groups attached to an aromatic ring is 1. The molecule has 0 aromatic heterocycles. The number of nitrogens with two attached hydrogens (primary N) is 1. The fourth-order valence-corrected chi connectivity index (χ4v) is 3.61. The average Bonchev–Trinajstić information content (AvgIpc) is 2.91. The lowest BCUT2D eigenvalue weighted by atomic mass is 10.1. The molecule has 1 saturated carbocycles. The van der Waals surface area contributed by atoms with E-state index in [1.165, 1.54) is 38.8 Å². The third-order valence-electron chi connectivity index (χ3n) is 4.00. The highest BCUT2D eigenvalue weighted by atomic mass is 32.2. The van der Waals surface area contributed by atoms with Gasteiger partial charge in [-0.3, -0.25) is 0 Å². The number of anilines is 2. The third-order valence-corrected chi connectivity index (χ3v) is 5.41. The molecule has 3 N–H and O–H groups in total. The zero-order chi connectivity index (χ0) is 14.8. The Morgan fingerprint density at radius 2 is 2.00 bits per heavy atom. The van der Waals surface area contributed by atoms with Crippen LogP contribution in [0.2, 0.25) is 0 Å². The summed E-state index contributed by atoms with van der Waals surface area (Å²) in [6, 6.07) is 4.91. The van der Waals surface area contributed by atoms with E-state index < -0.39 is 10.0 Å². The number of nitrogens with zero attached hydrogens (tertiary/aromatic N) is 1. The molecule has 1 aliphatic carbocycles. The third kappa shape index (κ3) is 3.24. The summed E-state index contributed by atoms with van der Waals surface area (Å²) in [5, 5.41) is 0. The van der Waals surface area contributed by atoms with Gasteiger partial charge < -0.3 is 10.6 Å². The van der Waals surface area contributed by atoms with E-state index in [2.05, 4.69) is 9.62 Å². The summed E-state index contributed by atoms with van der Waals surface area (Å²) in [5.74, 6) is 0.722. The van der Waals surface area contributed by atoms with E-state index in [4.69, 9.17) is 5.73 Å². The van der Waals surface area contributed by atoms with Gasteiger partial charge in [-0.2, -0.15) is 0 Å². The van der Waals surface area contributed by atoms with Crippen molar-refractivity contribution in [2.75, 3.05) is 31.3 Å². The van der Waals surface area contributed by atoms with Gasteiger partial charge in [0.25, 0.3) is 0 Å². The van der Waals surface area contributed by atoms with Crippen molar-refractivity contribution in [3.63, 3.8) is 0 Å². The van der Waals surface area contributed by atoms with Crippen LogP contribution in [-0.2, 0) is 10.0 Å². The molecule has 0 amide bonds. The van der Waals surface area contributed by atoms with E-state index in [0.717, 1.165) is 18.2 Å². The molecule has 0 unspecified atom stereocenters. The summed E-state index contributed by atoms with van der Waals surface area (Å²) < 4.78 is 25.8. The van der Waals surface area contributed by atoms with Crippen molar-refractivity contribution in [2.45, 2.75) is 30.6 Å². The van der Waals surface area contributed by atoms with Crippen LogP contribution in [0, 0.1) is 5.92 Å². The summed E-state index contributed by atoms with van der Waals surface area (Å²) in [6.45, 7) is 0.975. The number of nitrogens with one attached hydrogen (secondary N) is 1. The van der Waals surface area contributed by atoms with Crippen molar-refractivity contribution in [1.82, 2.24) is 4.72 Å². The second-order valence-corrected chi connectivity index (χ2v) is 7.35. The molecule has 0 spiro atoms. The maximum atomic E-state index is 11.7. The highest BCUT2D eigenvalue weighted by molar-refractivity contribution is 7.89. The van der Waals surface area contributed by atoms with Crippen LogP contribution < -0.4 is 15.4 Å². The lowest BCUT2D eigenvalue weighted by molar-refractivity contribution is 0.547. The molecule has 0 atom stereocenters. The molecule has 2 rings (SSSR count). The van der Waals surface area contributed by atoms with E-state index in [1.807, 2.05) is 7.05 Å². The van der Waals surface area contributed by atoms with Gasteiger partial charge in [0, 0.05) is 13.6 Å². The van der Waals surface area contributed by atoms with E-state index in [9.17, 15) is 8.42 Å². The quantitative estimate of drug-likeness (QED) is 0.813. The van der Waals surface area contributed by atoms with Gasteiger partial charge in [0.05, 0.1) is 16.3 Å². The average molecular weight is 297 g/mol. The second-order valence-electron chi connectivity index (χ2n) is 5.46. The molecule has 1 aliphatic rings. The van der Waals surface area contributed by atoms with Gasteiger partial charge in [0.15, 0.2) is 0 Å². The van der Waals surface area contributed by atoms with Gasteiger partial charge in [-0.1, -0.05) is 12.8 Å². The maximum Gasteiger partial charge on any atom is 0.240 e. The molecule has 6 heteroatoms. The monoisotopic (exact) mass is 297 g/mol. The number of hydrogen-bond acceptors (Lipinski definition) is 4. The van der Waals surface area contributed by atoms with E-state index in [0.29, 0.717) is 5.69 Å². The number of rotatable bonds is 5. The largest absolute Gasteiger partial charge is 0.397 e. The topological polar surface area (TPSA) is 75.4 Å². The number of hydrogen-bond donors (Lipinski definition) is 2. The molecule has 1 fully saturated rings. The lowest BCUT2D eigenvalue weighted by Crippen LogP contribution is -2.25. The SMILES string of the molecule is CNS(=O)(=O)c1ccc(N(C)CC2CCCC2)c(N)c1. The van der Waals surface area contributed by atoms with Gasteiger partial charge in [-0.05, 0) is 44.0 Å². The van der Waals surface area contributed by atoms with Crippen LogP contribution in [0.15, 0.2) is 23.1 Å². The maximum absolute atomic E-state index is 11.7. The van der Waals surface area contributed by atoms with Crippen molar-refractivity contribution >= 4 is 21.4 Å². The Morgan fingerprint density at radius 3 is 2.55 bits per heavy atom. The molecule has 0 saturated heterocycles. The van der Waals surface area contributed by atoms with Crippen LogP contribution >= 0.6 is 0 Å². The predicted molar refractivity (Wildman–Crippen MR) is 82.3 cm³/mol. The van der Waals surface area contributed by atoms with Crippen molar-refractivity contribution in [3.05, 3.63) is 18.2 Å². The van der Waals surface area contributed by atoms with Crippen LogP contribution in [0.3, 0.4) is 0 Å². The molecule has 0 bridgehead atoms. The molecular formula is C14H23N3O2S. The standard InChI is InChI=1S/C14H23N3O2S/c1-16-20(18,19)12-7-8-14(13(15)9-12)17(2)10-11-5-3-4-6-11/h7-9,11,16H,3-6,10,15H2,1-2H3.